The number of nitrogens with one attached hydrogen (secondary N) is 1. The van der Waals surface area contributed by atoms with Crippen LogP contribution in [0.25, 0.3) is 0 Å². The molecule has 1 aromatic rings. The van der Waals surface area contributed by atoms with E-state index in [4.69, 9.17) is 0 Å². The number of carbonyl (C=O) groups is 1. The summed E-state index contributed by atoms with van der Waals surface area (Å²) in [7, 11) is 0. The first-order chi connectivity index (χ1) is 7.58. The molecule has 1 unspecified atom stereocenters. The summed E-state index contributed by atoms with van der Waals surface area (Å²) in [6.45, 7) is 3.82. The Kier molecular flexibility index (Phi) is 2.95. The van der Waals surface area contributed by atoms with E-state index < -0.39 is 5.82 Å². The van der Waals surface area contributed by atoms with Crippen molar-refractivity contribution >= 4 is 5.91 Å². The molecular formula is C13H16FNO. The fourth-order valence-corrected chi connectivity index (χ4v) is 1.81. The Hall–Kier alpha value is -1.38. The maximum absolute atomic E-state index is 13.4. The fraction of sp³-hybridized carbons (Fsp3) is 0.462. The van der Waals surface area contributed by atoms with Gasteiger partial charge in [-0.05, 0) is 44.7 Å². The lowest BCUT2D eigenvalue weighted by Gasteiger charge is -2.13. The van der Waals surface area contributed by atoms with Crippen LogP contribution in [0.2, 0.25) is 0 Å². The normalized spacial score (nSPS) is 16.9. The maximum Gasteiger partial charge on any atom is 0.254 e. The van der Waals surface area contributed by atoms with E-state index in [9.17, 15) is 9.18 Å². The molecule has 0 spiro atoms. The van der Waals surface area contributed by atoms with Crippen LogP contribution in [-0.4, -0.2) is 11.9 Å². The van der Waals surface area contributed by atoms with Gasteiger partial charge in [0, 0.05) is 6.04 Å². The van der Waals surface area contributed by atoms with E-state index in [1.54, 1.807) is 12.1 Å². The monoisotopic (exact) mass is 221 g/mol. The lowest BCUT2D eigenvalue weighted by Crippen LogP contribution is -2.34. The highest BCUT2D eigenvalue weighted by Crippen LogP contribution is 2.32. The summed E-state index contributed by atoms with van der Waals surface area (Å²) < 4.78 is 13.4. The van der Waals surface area contributed by atoms with Crippen LogP contribution in [0.3, 0.4) is 0 Å². The van der Waals surface area contributed by atoms with Gasteiger partial charge in [0.25, 0.3) is 5.91 Å². The van der Waals surface area contributed by atoms with Crippen LogP contribution in [-0.2, 0) is 0 Å². The number of hydrogen-bond donors (Lipinski definition) is 1. The molecule has 0 bridgehead atoms. The second-order valence-electron chi connectivity index (χ2n) is 4.58. The Morgan fingerprint density at radius 1 is 1.50 bits per heavy atom. The van der Waals surface area contributed by atoms with Crippen molar-refractivity contribution < 1.29 is 9.18 Å². The lowest BCUT2D eigenvalue weighted by molar-refractivity contribution is 0.0931. The summed E-state index contributed by atoms with van der Waals surface area (Å²) in [6, 6.07) is 4.74. The molecule has 1 aliphatic rings. The molecule has 1 saturated carbocycles. The van der Waals surface area contributed by atoms with Crippen molar-refractivity contribution in [2.24, 2.45) is 5.92 Å². The summed E-state index contributed by atoms with van der Waals surface area (Å²) in [4.78, 5) is 11.8. The van der Waals surface area contributed by atoms with E-state index in [2.05, 4.69) is 5.32 Å². The minimum Gasteiger partial charge on any atom is -0.349 e. The van der Waals surface area contributed by atoms with Crippen LogP contribution in [0.1, 0.15) is 35.7 Å². The summed E-state index contributed by atoms with van der Waals surface area (Å²) in [5.74, 6) is -0.177. The van der Waals surface area contributed by atoms with E-state index in [1.807, 2.05) is 13.8 Å². The van der Waals surface area contributed by atoms with Gasteiger partial charge in [-0.15, -0.1) is 0 Å². The van der Waals surface area contributed by atoms with E-state index in [0.717, 1.165) is 18.4 Å². The highest BCUT2D eigenvalue weighted by molar-refractivity contribution is 5.94. The molecule has 2 nitrogen and oxygen atoms in total. The topological polar surface area (TPSA) is 29.1 Å². The third-order valence-electron chi connectivity index (χ3n) is 3.05. The summed E-state index contributed by atoms with van der Waals surface area (Å²) in [5.41, 5.74) is 1.04. The van der Waals surface area contributed by atoms with Crippen molar-refractivity contribution in [2.75, 3.05) is 0 Å². The Bertz CT molecular complexity index is 412. The predicted molar refractivity (Wildman–Crippen MR) is 60.8 cm³/mol. The molecule has 1 aromatic carbocycles. The third kappa shape index (κ3) is 2.40. The van der Waals surface area contributed by atoms with Crippen LogP contribution in [0.15, 0.2) is 18.2 Å². The van der Waals surface area contributed by atoms with Gasteiger partial charge in [-0.25, -0.2) is 4.39 Å². The number of halogens is 1. The van der Waals surface area contributed by atoms with Crippen molar-refractivity contribution in [2.45, 2.75) is 32.7 Å². The van der Waals surface area contributed by atoms with Crippen molar-refractivity contribution in [3.63, 3.8) is 0 Å². The summed E-state index contributed by atoms with van der Waals surface area (Å²) >= 11 is 0. The van der Waals surface area contributed by atoms with E-state index >= 15 is 0 Å². The van der Waals surface area contributed by atoms with Crippen molar-refractivity contribution in [1.29, 1.82) is 0 Å². The predicted octanol–water partition coefficient (Wildman–Crippen LogP) is 2.66. The standard InChI is InChI=1S/C13H16FNO/c1-8-3-6-12(14)11(7-8)13(16)15-9(2)10-4-5-10/h3,6-7,9-10H,4-5H2,1-2H3,(H,15,16). The zero-order valence-corrected chi connectivity index (χ0v) is 9.59. The summed E-state index contributed by atoms with van der Waals surface area (Å²) in [6.07, 6.45) is 2.33. The highest BCUT2D eigenvalue weighted by atomic mass is 19.1. The number of carbonyl (C=O) groups excluding carboxylic acids is 1. The molecule has 0 aliphatic heterocycles. The molecule has 0 heterocycles. The van der Waals surface area contributed by atoms with Gasteiger partial charge in [-0.1, -0.05) is 11.6 Å². The maximum atomic E-state index is 13.4. The lowest BCUT2D eigenvalue weighted by atomic mass is 10.1. The first-order valence-corrected chi connectivity index (χ1v) is 5.65. The molecule has 1 fully saturated rings. The molecule has 2 rings (SSSR count). The van der Waals surface area contributed by atoms with Gasteiger partial charge in [0.15, 0.2) is 0 Å². The number of rotatable bonds is 3. The van der Waals surface area contributed by atoms with Crippen molar-refractivity contribution in [3.05, 3.63) is 35.1 Å². The minimum absolute atomic E-state index is 0.146. The molecule has 3 heteroatoms. The third-order valence-corrected chi connectivity index (χ3v) is 3.05. The molecule has 0 aromatic heterocycles. The molecule has 1 amide bonds. The van der Waals surface area contributed by atoms with Crippen LogP contribution < -0.4 is 5.32 Å². The Labute approximate surface area is 94.9 Å². The van der Waals surface area contributed by atoms with Crippen LogP contribution in [0, 0.1) is 18.7 Å². The van der Waals surface area contributed by atoms with Crippen molar-refractivity contribution in [3.8, 4) is 0 Å². The average Bonchev–Trinajstić information content (AvgIpc) is 3.04. The first kappa shape index (κ1) is 11.1. The zero-order valence-electron chi connectivity index (χ0n) is 9.59. The molecule has 1 aliphatic carbocycles. The largest absolute Gasteiger partial charge is 0.349 e. The first-order valence-electron chi connectivity index (χ1n) is 5.65. The van der Waals surface area contributed by atoms with E-state index in [0.29, 0.717) is 5.92 Å². The van der Waals surface area contributed by atoms with Crippen molar-refractivity contribution in [1.82, 2.24) is 5.32 Å². The SMILES string of the molecule is Cc1ccc(F)c(C(=O)NC(C)C2CC2)c1. The fourth-order valence-electron chi connectivity index (χ4n) is 1.81. The summed E-state index contributed by atoms with van der Waals surface area (Å²) in [5, 5.41) is 2.85. The molecule has 1 atom stereocenters. The molecule has 0 radical (unpaired) electrons. The zero-order chi connectivity index (χ0) is 11.7. The van der Waals surface area contributed by atoms with Gasteiger partial charge in [-0.3, -0.25) is 4.79 Å². The van der Waals surface area contributed by atoms with Crippen LogP contribution in [0.4, 0.5) is 4.39 Å². The Morgan fingerprint density at radius 2 is 2.19 bits per heavy atom. The van der Waals surface area contributed by atoms with E-state index in [1.165, 1.54) is 6.07 Å². The highest BCUT2D eigenvalue weighted by Gasteiger charge is 2.29. The minimum atomic E-state index is -0.453. The molecule has 86 valence electrons. The molecule has 0 saturated heterocycles. The quantitative estimate of drug-likeness (QED) is 0.835. The number of aryl methyl sites for hydroxylation is 1. The number of hydrogen-bond acceptors (Lipinski definition) is 1. The molecular weight excluding hydrogens is 205 g/mol. The second kappa shape index (κ2) is 4.24. The van der Waals surface area contributed by atoms with Gasteiger partial charge in [-0.2, -0.15) is 0 Å². The number of amides is 1. The van der Waals surface area contributed by atoms with Crippen LogP contribution in [0.5, 0.6) is 0 Å². The Balaban J connectivity index is 2.10. The van der Waals surface area contributed by atoms with E-state index in [-0.39, 0.29) is 17.5 Å². The smallest absolute Gasteiger partial charge is 0.254 e. The molecule has 1 N–H and O–H groups in total. The Morgan fingerprint density at radius 3 is 2.81 bits per heavy atom. The van der Waals surface area contributed by atoms with Gasteiger partial charge >= 0.3 is 0 Å². The van der Waals surface area contributed by atoms with Gasteiger partial charge < -0.3 is 5.32 Å². The van der Waals surface area contributed by atoms with Gasteiger partial charge in [0.05, 0.1) is 5.56 Å². The average molecular weight is 221 g/mol. The van der Waals surface area contributed by atoms with Gasteiger partial charge in [0.2, 0.25) is 0 Å². The molecule has 16 heavy (non-hydrogen) atoms. The van der Waals surface area contributed by atoms with Crippen LogP contribution >= 0.6 is 0 Å². The second-order valence-corrected chi connectivity index (χ2v) is 4.58. The number of benzene rings is 1. The van der Waals surface area contributed by atoms with Gasteiger partial charge in [0.1, 0.15) is 5.82 Å².